The maximum absolute atomic E-state index is 12.9. The number of aromatic amines is 1. The summed E-state index contributed by atoms with van der Waals surface area (Å²) < 4.78 is 5.64. The van der Waals surface area contributed by atoms with Gasteiger partial charge in [-0.15, -0.1) is 11.3 Å². The summed E-state index contributed by atoms with van der Waals surface area (Å²) in [6, 6.07) is 9.57. The summed E-state index contributed by atoms with van der Waals surface area (Å²) in [5.74, 6) is 1.39. The molecule has 0 aliphatic rings. The van der Waals surface area contributed by atoms with E-state index in [4.69, 9.17) is 4.74 Å². The molecule has 0 saturated carbocycles. The number of para-hydroxylation sites is 2. The molecule has 4 aromatic rings. The highest BCUT2D eigenvalue weighted by molar-refractivity contribution is 7.09. The lowest BCUT2D eigenvalue weighted by Crippen LogP contribution is -2.37. The highest BCUT2D eigenvalue weighted by atomic mass is 32.1. The zero-order valence-electron chi connectivity index (χ0n) is 20.1. The minimum Gasteiger partial charge on any atom is -0.444 e. The minimum absolute atomic E-state index is 0.313. The molecule has 182 valence electrons. The Hall–Kier alpha value is -3.79. The molecule has 2 N–H and O–H groups in total. The molecule has 0 radical (unpaired) electrons. The molecule has 35 heavy (non-hydrogen) atoms. The van der Waals surface area contributed by atoms with Gasteiger partial charge < -0.3 is 19.9 Å². The maximum atomic E-state index is 12.9. The molecular formula is C25H29N7O2S. The van der Waals surface area contributed by atoms with Crippen LogP contribution in [0.15, 0.2) is 54.7 Å². The van der Waals surface area contributed by atoms with E-state index in [1.165, 1.54) is 11.3 Å². The first-order chi connectivity index (χ1) is 16.8. The molecule has 0 atom stereocenters. The number of hydrogen-bond acceptors (Lipinski definition) is 8. The molecule has 10 heteroatoms. The van der Waals surface area contributed by atoms with Gasteiger partial charge in [0.05, 0.1) is 40.5 Å². The van der Waals surface area contributed by atoms with E-state index in [0.29, 0.717) is 43.4 Å². The molecule has 0 spiro atoms. The number of imidazole rings is 1. The average molecular weight is 492 g/mol. The first kappa shape index (κ1) is 24.3. The summed E-state index contributed by atoms with van der Waals surface area (Å²) in [5, 5.41) is 6.06. The number of fused-ring (bicyclic) bond motifs is 1. The van der Waals surface area contributed by atoms with Crippen molar-refractivity contribution in [3.05, 3.63) is 77.0 Å². The Kier molecular flexibility index (Phi) is 7.40. The molecule has 0 bridgehead atoms. The molecule has 0 aliphatic heterocycles. The Balaban J connectivity index is 1.40. The molecule has 0 unspecified atom stereocenters. The van der Waals surface area contributed by atoms with Crippen LogP contribution in [-0.4, -0.2) is 48.1 Å². The Morgan fingerprint density at radius 3 is 2.69 bits per heavy atom. The molecule has 0 aliphatic carbocycles. The number of carbonyl (C=O) groups excluding carboxylic acids is 1. The lowest BCUT2D eigenvalue weighted by atomic mass is 10.2. The summed E-state index contributed by atoms with van der Waals surface area (Å²) in [4.78, 5) is 35.6. The van der Waals surface area contributed by atoms with Crippen LogP contribution in [0.25, 0.3) is 16.7 Å². The van der Waals surface area contributed by atoms with Crippen LogP contribution < -0.4 is 5.32 Å². The van der Waals surface area contributed by atoms with Crippen molar-refractivity contribution >= 4 is 34.2 Å². The normalized spacial score (nSPS) is 11.4. The van der Waals surface area contributed by atoms with Crippen LogP contribution in [0.4, 0.5) is 4.79 Å². The number of carbonyl (C=O) groups is 1. The third-order valence-corrected chi connectivity index (χ3v) is 5.88. The third-order valence-electron chi connectivity index (χ3n) is 4.97. The fourth-order valence-electron chi connectivity index (χ4n) is 3.32. The van der Waals surface area contributed by atoms with E-state index < -0.39 is 5.60 Å². The highest BCUT2D eigenvalue weighted by Crippen LogP contribution is 2.19. The number of benzene rings is 1. The van der Waals surface area contributed by atoms with Gasteiger partial charge in [-0.1, -0.05) is 18.7 Å². The molecular weight excluding hydrogens is 462 g/mol. The Bertz CT molecular complexity index is 1260. The van der Waals surface area contributed by atoms with E-state index >= 15 is 0 Å². The lowest BCUT2D eigenvalue weighted by molar-refractivity contribution is 0.0231. The van der Waals surface area contributed by atoms with Gasteiger partial charge in [0.15, 0.2) is 0 Å². The summed E-state index contributed by atoms with van der Waals surface area (Å²) in [5.41, 5.74) is 2.67. The van der Waals surface area contributed by atoms with Crippen molar-refractivity contribution < 1.29 is 9.53 Å². The van der Waals surface area contributed by atoms with Gasteiger partial charge in [-0.25, -0.2) is 24.7 Å². The summed E-state index contributed by atoms with van der Waals surface area (Å²) in [6.07, 6.45) is 3.60. The van der Waals surface area contributed by atoms with Gasteiger partial charge in [0.1, 0.15) is 17.2 Å². The number of thiazole rings is 1. The second kappa shape index (κ2) is 10.6. The van der Waals surface area contributed by atoms with E-state index in [0.717, 1.165) is 21.7 Å². The van der Waals surface area contributed by atoms with Gasteiger partial charge in [-0.05, 0) is 39.0 Å². The number of rotatable bonds is 9. The summed E-state index contributed by atoms with van der Waals surface area (Å²) in [6.45, 7) is 10.9. The Morgan fingerprint density at radius 2 is 1.94 bits per heavy atom. The van der Waals surface area contributed by atoms with Gasteiger partial charge in [-0.2, -0.15) is 0 Å². The topological polar surface area (TPSA) is 109 Å². The van der Waals surface area contributed by atoms with Crippen molar-refractivity contribution in [1.29, 1.82) is 0 Å². The van der Waals surface area contributed by atoms with Crippen molar-refractivity contribution in [3.8, 4) is 0 Å². The molecule has 0 saturated heterocycles. The third kappa shape index (κ3) is 6.86. The number of amides is 1. The minimum atomic E-state index is -0.594. The van der Waals surface area contributed by atoms with Crippen molar-refractivity contribution in [2.45, 2.75) is 45.9 Å². The van der Waals surface area contributed by atoms with Crippen LogP contribution in [0.2, 0.25) is 0 Å². The van der Waals surface area contributed by atoms with Gasteiger partial charge in [0.2, 0.25) is 0 Å². The molecule has 4 rings (SSSR count). The van der Waals surface area contributed by atoms with Gasteiger partial charge in [-0.3, -0.25) is 0 Å². The second-order valence-electron chi connectivity index (χ2n) is 8.98. The molecule has 3 heterocycles. The second-order valence-corrected chi connectivity index (χ2v) is 9.92. The van der Waals surface area contributed by atoms with Crippen LogP contribution in [0.1, 0.15) is 43.1 Å². The van der Waals surface area contributed by atoms with Crippen molar-refractivity contribution in [3.63, 3.8) is 0 Å². The number of nitrogens with one attached hydrogen (secondary N) is 2. The first-order valence-corrected chi connectivity index (χ1v) is 12.2. The number of nitrogens with zero attached hydrogens (tertiary/aromatic N) is 5. The number of ether oxygens (including phenoxy) is 1. The van der Waals surface area contributed by atoms with E-state index in [1.54, 1.807) is 23.4 Å². The fourth-order valence-corrected chi connectivity index (χ4v) is 4.12. The standard InChI is InChI=1S/C25H29N7O2S/c1-17(28-14-21-26-11-7-12-27-21)20-16-35-23(31-20)10-13-32(24(33)34-25(2,3)4)15-22-29-18-8-5-6-9-19(18)30-22/h5-9,11-12,16,28H,1,10,13-15H2,2-4H3,(H,29,30). The fraction of sp³-hybridized carbons (Fsp3) is 0.320. The first-order valence-electron chi connectivity index (χ1n) is 11.3. The van der Waals surface area contributed by atoms with Gasteiger partial charge in [0.25, 0.3) is 0 Å². The van der Waals surface area contributed by atoms with Crippen LogP contribution in [-0.2, 0) is 24.2 Å². The maximum Gasteiger partial charge on any atom is 0.410 e. The van der Waals surface area contributed by atoms with Gasteiger partial charge >= 0.3 is 6.09 Å². The average Bonchev–Trinajstić information content (AvgIpc) is 3.46. The SMILES string of the molecule is C=C(NCc1ncccn1)c1csc(CCN(Cc2nc3ccccc3[nH]2)C(=O)OC(C)(C)C)n1. The Labute approximate surface area is 208 Å². The lowest BCUT2D eigenvalue weighted by Gasteiger charge is -2.26. The van der Waals surface area contributed by atoms with Crippen LogP contribution in [0.3, 0.4) is 0 Å². The van der Waals surface area contributed by atoms with Crippen LogP contribution in [0, 0.1) is 0 Å². The van der Waals surface area contributed by atoms with Crippen LogP contribution in [0.5, 0.6) is 0 Å². The quantitative estimate of drug-likeness (QED) is 0.353. The monoisotopic (exact) mass is 491 g/mol. The molecule has 3 aromatic heterocycles. The zero-order chi connectivity index (χ0) is 24.8. The number of hydrogen-bond donors (Lipinski definition) is 2. The largest absolute Gasteiger partial charge is 0.444 e. The zero-order valence-corrected chi connectivity index (χ0v) is 20.9. The van der Waals surface area contributed by atoms with Crippen LogP contribution >= 0.6 is 11.3 Å². The summed E-state index contributed by atoms with van der Waals surface area (Å²) in [7, 11) is 0. The Morgan fingerprint density at radius 1 is 1.17 bits per heavy atom. The summed E-state index contributed by atoms with van der Waals surface area (Å²) >= 11 is 1.53. The predicted octanol–water partition coefficient (Wildman–Crippen LogP) is 4.55. The number of aromatic nitrogens is 5. The predicted molar refractivity (Wildman–Crippen MR) is 136 cm³/mol. The highest BCUT2D eigenvalue weighted by Gasteiger charge is 2.23. The van der Waals surface area contributed by atoms with Crippen molar-refractivity contribution in [2.24, 2.45) is 0 Å². The van der Waals surface area contributed by atoms with E-state index in [1.807, 2.05) is 50.4 Å². The van der Waals surface area contributed by atoms with E-state index in [9.17, 15) is 4.79 Å². The molecule has 1 aromatic carbocycles. The van der Waals surface area contributed by atoms with E-state index in [2.05, 4.69) is 36.8 Å². The molecule has 0 fully saturated rings. The van der Waals surface area contributed by atoms with E-state index in [-0.39, 0.29) is 6.09 Å². The van der Waals surface area contributed by atoms with Crippen molar-refractivity contribution in [2.75, 3.05) is 6.54 Å². The number of H-pyrrole nitrogens is 1. The van der Waals surface area contributed by atoms with Crippen molar-refractivity contribution in [1.82, 2.24) is 35.1 Å². The smallest absolute Gasteiger partial charge is 0.410 e. The molecule has 9 nitrogen and oxygen atoms in total. The van der Waals surface area contributed by atoms with Gasteiger partial charge in [0, 0.05) is 30.7 Å². The molecule has 1 amide bonds.